The molecule has 0 saturated heterocycles. The van der Waals surface area contributed by atoms with E-state index in [9.17, 15) is 9.59 Å². The van der Waals surface area contributed by atoms with Gasteiger partial charge in [0.15, 0.2) is 10.9 Å². The second-order valence-corrected chi connectivity index (χ2v) is 7.13. The van der Waals surface area contributed by atoms with Crippen LogP contribution in [0.2, 0.25) is 5.02 Å². The molecule has 4 rings (SSSR count). The zero-order valence-electron chi connectivity index (χ0n) is 14.7. The molecule has 1 aliphatic rings. The molecule has 0 aliphatic carbocycles. The molecule has 9 nitrogen and oxygen atoms in total. The summed E-state index contributed by atoms with van der Waals surface area (Å²) in [4.78, 5) is 45.9. The second kappa shape index (κ2) is 7.64. The standard InChI is InChI=1S/C17H14ClN7O2S/c1-28-17-20-7-9(18)14(24-17)16(27)23-11-3-5-25-13(26)6-12(22-15(11)25)10-2-4-19-8-21-10/h2,4,6-8,11H,3,5H2,1H3,(H,23,27). The van der Waals surface area contributed by atoms with Crippen LogP contribution in [-0.2, 0) is 6.54 Å². The van der Waals surface area contributed by atoms with Crippen molar-refractivity contribution in [2.45, 2.75) is 24.2 Å². The number of rotatable bonds is 4. The number of aromatic nitrogens is 6. The summed E-state index contributed by atoms with van der Waals surface area (Å²) in [5.41, 5.74) is 0.870. The Morgan fingerprint density at radius 2 is 2.18 bits per heavy atom. The van der Waals surface area contributed by atoms with Crippen LogP contribution < -0.4 is 10.9 Å². The van der Waals surface area contributed by atoms with Crippen molar-refractivity contribution in [1.82, 2.24) is 34.8 Å². The van der Waals surface area contributed by atoms with Gasteiger partial charge in [0, 0.05) is 18.8 Å². The van der Waals surface area contributed by atoms with Crippen LogP contribution >= 0.6 is 23.4 Å². The first-order valence-electron chi connectivity index (χ1n) is 8.32. The number of halogens is 1. The summed E-state index contributed by atoms with van der Waals surface area (Å²) in [6.07, 6.45) is 6.71. The topological polar surface area (TPSA) is 116 Å². The van der Waals surface area contributed by atoms with Crippen molar-refractivity contribution in [2.24, 2.45) is 0 Å². The lowest BCUT2D eigenvalue weighted by Crippen LogP contribution is -2.30. The Kier molecular flexibility index (Phi) is 5.05. The molecule has 1 unspecified atom stereocenters. The number of carbonyl (C=O) groups excluding carboxylic acids is 1. The van der Waals surface area contributed by atoms with Crippen LogP contribution in [0.25, 0.3) is 11.4 Å². The van der Waals surface area contributed by atoms with Gasteiger partial charge in [-0.3, -0.25) is 14.2 Å². The number of nitrogens with zero attached hydrogens (tertiary/aromatic N) is 6. The molecule has 1 aliphatic heterocycles. The molecule has 3 aromatic heterocycles. The van der Waals surface area contributed by atoms with E-state index in [1.807, 2.05) is 6.26 Å². The van der Waals surface area contributed by atoms with E-state index in [1.165, 1.54) is 30.4 Å². The molecule has 3 aromatic rings. The Hall–Kier alpha value is -2.85. The predicted molar refractivity (Wildman–Crippen MR) is 103 cm³/mol. The quantitative estimate of drug-likeness (QED) is 0.506. The van der Waals surface area contributed by atoms with Crippen LogP contribution in [0.4, 0.5) is 0 Å². The molecule has 142 valence electrons. The van der Waals surface area contributed by atoms with E-state index in [4.69, 9.17) is 11.6 Å². The first-order valence-corrected chi connectivity index (χ1v) is 9.92. The van der Waals surface area contributed by atoms with Crippen LogP contribution in [-0.4, -0.2) is 41.6 Å². The lowest BCUT2D eigenvalue weighted by Gasteiger charge is -2.14. The van der Waals surface area contributed by atoms with Gasteiger partial charge in [0.2, 0.25) is 0 Å². The summed E-state index contributed by atoms with van der Waals surface area (Å²) in [6, 6.07) is 2.67. The van der Waals surface area contributed by atoms with Crippen molar-refractivity contribution in [3.8, 4) is 11.4 Å². The van der Waals surface area contributed by atoms with Gasteiger partial charge in [-0.05, 0) is 18.7 Å². The highest BCUT2D eigenvalue weighted by Gasteiger charge is 2.29. The zero-order valence-corrected chi connectivity index (χ0v) is 16.2. The van der Waals surface area contributed by atoms with Gasteiger partial charge >= 0.3 is 0 Å². The van der Waals surface area contributed by atoms with Crippen molar-refractivity contribution in [2.75, 3.05) is 6.26 Å². The van der Waals surface area contributed by atoms with Crippen molar-refractivity contribution in [3.05, 3.63) is 57.7 Å². The molecule has 28 heavy (non-hydrogen) atoms. The molecule has 1 amide bonds. The van der Waals surface area contributed by atoms with Crippen LogP contribution in [0, 0.1) is 0 Å². The maximum absolute atomic E-state index is 12.7. The Bertz CT molecular complexity index is 1110. The lowest BCUT2D eigenvalue weighted by atomic mass is 10.2. The number of fused-ring (bicyclic) bond motifs is 1. The minimum Gasteiger partial charge on any atom is -0.341 e. The number of nitrogens with one attached hydrogen (secondary N) is 1. The molecular formula is C17H14ClN7O2S. The van der Waals surface area contributed by atoms with Crippen molar-refractivity contribution in [1.29, 1.82) is 0 Å². The normalized spacial score (nSPS) is 15.3. The molecule has 1 atom stereocenters. The largest absolute Gasteiger partial charge is 0.341 e. The summed E-state index contributed by atoms with van der Waals surface area (Å²) in [5.74, 6) is 0.0348. The van der Waals surface area contributed by atoms with Crippen molar-refractivity contribution < 1.29 is 4.79 Å². The highest BCUT2D eigenvalue weighted by Crippen LogP contribution is 2.25. The fourth-order valence-electron chi connectivity index (χ4n) is 2.95. The second-order valence-electron chi connectivity index (χ2n) is 5.95. The average molecular weight is 416 g/mol. The van der Waals surface area contributed by atoms with E-state index in [2.05, 4.69) is 30.2 Å². The third-order valence-corrected chi connectivity index (χ3v) is 5.10. The van der Waals surface area contributed by atoms with Gasteiger partial charge in [0.05, 0.1) is 28.6 Å². The lowest BCUT2D eigenvalue weighted by molar-refractivity contribution is 0.0930. The van der Waals surface area contributed by atoms with Crippen LogP contribution in [0.3, 0.4) is 0 Å². The minimum atomic E-state index is -0.442. The summed E-state index contributed by atoms with van der Waals surface area (Å²) < 4.78 is 1.55. The van der Waals surface area contributed by atoms with Gasteiger partial charge in [-0.25, -0.2) is 24.9 Å². The SMILES string of the molecule is CSc1ncc(Cl)c(C(=O)NC2CCn3c2nc(-c2ccncn2)cc3=O)n1. The van der Waals surface area contributed by atoms with Crippen molar-refractivity contribution in [3.63, 3.8) is 0 Å². The van der Waals surface area contributed by atoms with Crippen LogP contribution in [0.5, 0.6) is 0 Å². The molecule has 0 spiro atoms. The third kappa shape index (κ3) is 3.48. The molecule has 4 heterocycles. The Balaban J connectivity index is 1.65. The van der Waals surface area contributed by atoms with Crippen LogP contribution in [0.15, 0.2) is 40.8 Å². The number of carbonyl (C=O) groups is 1. The summed E-state index contributed by atoms with van der Waals surface area (Å²) in [6.45, 7) is 0.462. The minimum absolute atomic E-state index is 0.0915. The summed E-state index contributed by atoms with van der Waals surface area (Å²) in [5, 5.41) is 3.48. The third-order valence-electron chi connectivity index (χ3n) is 4.26. The predicted octanol–water partition coefficient (Wildman–Crippen LogP) is 1.74. The number of amides is 1. The van der Waals surface area contributed by atoms with Gasteiger partial charge in [-0.1, -0.05) is 23.4 Å². The average Bonchev–Trinajstić information content (AvgIpc) is 3.12. The highest BCUT2D eigenvalue weighted by molar-refractivity contribution is 7.98. The van der Waals surface area contributed by atoms with E-state index < -0.39 is 11.9 Å². The van der Waals surface area contributed by atoms with Gasteiger partial charge < -0.3 is 5.32 Å². The van der Waals surface area contributed by atoms with E-state index >= 15 is 0 Å². The van der Waals surface area contributed by atoms with Gasteiger partial charge in [0.1, 0.15) is 12.2 Å². The molecule has 0 bridgehead atoms. The molecular weight excluding hydrogens is 402 g/mol. The first kappa shape index (κ1) is 18.5. The maximum Gasteiger partial charge on any atom is 0.272 e. The Labute approximate surface area is 168 Å². The van der Waals surface area contributed by atoms with Gasteiger partial charge in [-0.15, -0.1) is 0 Å². The number of thioether (sulfide) groups is 1. The molecule has 11 heteroatoms. The fraction of sp³-hybridized carbons (Fsp3) is 0.235. The smallest absolute Gasteiger partial charge is 0.272 e. The Morgan fingerprint density at radius 1 is 1.32 bits per heavy atom. The zero-order chi connectivity index (χ0) is 19.7. The van der Waals surface area contributed by atoms with E-state index in [0.29, 0.717) is 35.3 Å². The monoisotopic (exact) mass is 415 g/mol. The van der Waals surface area contributed by atoms with Crippen LogP contribution in [0.1, 0.15) is 28.8 Å². The fourth-order valence-corrected chi connectivity index (χ4v) is 3.46. The van der Waals surface area contributed by atoms with E-state index in [0.717, 1.165) is 0 Å². The maximum atomic E-state index is 12.7. The number of hydrogen-bond acceptors (Lipinski definition) is 8. The molecule has 0 saturated carbocycles. The first-order chi connectivity index (χ1) is 13.6. The molecule has 1 N–H and O–H groups in total. The van der Waals surface area contributed by atoms with E-state index in [-0.39, 0.29) is 16.3 Å². The molecule has 0 fully saturated rings. The highest BCUT2D eigenvalue weighted by atomic mass is 35.5. The van der Waals surface area contributed by atoms with Gasteiger partial charge in [-0.2, -0.15) is 0 Å². The van der Waals surface area contributed by atoms with E-state index in [1.54, 1.807) is 16.8 Å². The summed E-state index contributed by atoms with van der Waals surface area (Å²) in [7, 11) is 0. The summed E-state index contributed by atoms with van der Waals surface area (Å²) >= 11 is 7.40. The molecule has 0 radical (unpaired) electrons. The van der Waals surface area contributed by atoms with Gasteiger partial charge in [0.25, 0.3) is 11.5 Å². The Morgan fingerprint density at radius 3 is 2.93 bits per heavy atom. The number of hydrogen-bond donors (Lipinski definition) is 1. The van der Waals surface area contributed by atoms with Crippen molar-refractivity contribution >= 4 is 29.3 Å². The molecule has 0 aromatic carbocycles.